The fourth-order valence-electron chi connectivity index (χ4n) is 2.21. The van der Waals surface area contributed by atoms with Gasteiger partial charge in [0, 0.05) is 12.1 Å². The maximum atomic E-state index is 12.3. The Hall–Kier alpha value is -2.25. The van der Waals surface area contributed by atoms with E-state index in [1.165, 1.54) is 26.2 Å². The highest BCUT2D eigenvalue weighted by Gasteiger charge is 2.22. The number of rotatable bonds is 6. The molecular formula is C17H19Cl2N3O4. The Morgan fingerprint density at radius 1 is 1.19 bits per heavy atom. The lowest BCUT2D eigenvalue weighted by Crippen LogP contribution is -2.31. The Bertz CT molecular complexity index is 797. The van der Waals surface area contributed by atoms with Crippen LogP contribution in [0.15, 0.2) is 24.4 Å². The third kappa shape index (κ3) is 4.47. The summed E-state index contributed by atoms with van der Waals surface area (Å²) in [6, 6.07) is 4.47. The monoisotopic (exact) mass is 399 g/mol. The van der Waals surface area contributed by atoms with Crippen molar-refractivity contribution < 1.29 is 19.1 Å². The van der Waals surface area contributed by atoms with Crippen LogP contribution in [0, 0.1) is 0 Å². The summed E-state index contributed by atoms with van der Waals surface area (Å²) in [6.07, 6.45) is 0.547. The van der Waals surface area contributed by atoms with E-state index in [0.29, 0.717) is 5.82 Å². The van der Waals surface area contributed by atoms with Crippen LogP contribution in [-0.4, -0.2) is 34.9 Å². The van der Waals surface area contributed by atoms with Crippen molar-refractivity contribution in [2.75, 3.05) is 12.4 Å². The highest BCUT2D eigenvalue weighted by Crippen LogP contribution is 2.34. The summed E-state index contributed by atoms with van der Waals surface area (Å²) in [5.41, 5.74) is 0.118. The van der Waals surface area contributed by atoms with Gasteiger partial charge in [-0.3, -0.25) is 4.79 Å². The van der Waals surface area contributed by atoms with Gasteiger partial charge in [0.25, 0.3) is 5.91 Å². The van der Waals surface area contributed by atoms with Crippen LogP contribution in [0.2, 0.25) is 10.0 Å². The maximum absolute atomic E-state index is 12.3. The van der Waals surface area contributed by atoms with E-state index < -0.39 is 18.0 Å². The molecule has 0 saturated heterocycles. The first-order valence-corrected chi connectivity index (χ1v) is 8.58. The van der Waals surface area contributed by atoms with Gasteiger partial charge in [-0.05, 0) is 32.9 Å². The van der Waals surface area contributed by atoms with Gasteiger partial charge in [0.15, 0.2) is 11.9 Å². The van der Waals surface area contributed by atoms with E-state index in [1.807, 2.05) is 13.8 Å². The molecule has 7 nitrogen and oxygen atoms in total. The van der Waals surface area contributed by atoms with Gasteiger partial charge in [0.05, 0.1) is 28.9 Å². The normalized spacial score (nSPS) is 12.0. The summed E-state index contributed by atoms with van der Waals surface area (Å²) in [4.78, 5) is 24.5. The zero-order valence-corrected chi connectivity index (χ0v) is 16.3. The Labute approximate surface area is 161 Å². The number of carbonyl (C=O) groups is 2. The molecule has 0 fully saturated rings. The standard InChI is InChI=1S/C17H19Cl2N3O4/c1-9(2)22-14(5-6-20-22)21-16(23)10(3)26-17(24)11-7-12(18)15(25-4)13(19)8-11/h5-10H,1-4H3,(H,21,23)/t10-/m0/s1. The van der Waals surface area contributed by atoms with Crippen molar-refractivity contribution in [2.24, 2.45) is 0 Å². The van der Waals surface area contributed by atoms with Crippen LogP contribution in [0.25, 0.3) is 0 Å². The molecule has 26 heavy (non-hydrogen) atoms. The van der Waals surface area contributed by atoms with E-state index in [-0.39, 0.29) is 27.4 Å². The van der Waals surface area contributed by atoms with E-state index in [2.05, 4.69) is 10.4 Å². The first kappa shape index (κ1) is 20.1. The van der Waals surface area contributed by atoms with Crippen LogP contribution < -0.4 is 10.1 Å². The van der Waals surface area contributed by atoms with Gasteiger partial charge in [0.1, 0.15) is 5.82 Å². The van der Waals surface area contributed by atoms with Gasteiger partial charge in [-0.25, -0.2) is 9.48 Å². The number of ether oxygens (including phenoxy) is 2. The molecule has 0 saturated carbocycles. The molecule has 2 rings (SSSR count). The average Bonchev–Trinajstić information content (AvgIpc) is 3.02. The van der Waals surface area contributed by atoms with Crippen molar-refractivity contribution >= 4 is 40.9 Å². The summed E-state index contributed by atoms with van der Waals surface area (Å²) in [5, 5.41) is 7.15. The molecule has 2 aromatic rings. The summed E-state index contributed by atoms with van der Waals surface area (Å²) < 4.78 is 11.9. The van der Waals surface area contributed by atoms with Crippen molar-refractivity contribution in [1.82, 2.24) is 9.78 Å². The molecule has 0 spiro atoms. The molecule has 1 N–H and O–H groups in total. The Balaban J connectivity index is 2.07. The molecular weight excluding hydrogens is 381 g/mol. The fourth-order valence-corrected chi connectivity index (χ4v) is 2.85. The molecule has 0 unspecified atom stereocenters. The second kappa shape index (κ2) is 8.42. The first-order chi connectivity index (χ1) is 12.2. The van der Waals surface area contributed by atoms with Crippen molar-refractivity contribution in [2.45, 2.75) is 32.9 Å². The number of aromatic nitrogens is 2. The third-order valence-electron chi connectivity index (χ3n) is 3.50. The molecule has 1 amide bonds. The predicted molar refractivity (Wildman–Crippen MR) is 99.1 cm³/mol. The minimum Gasteiger partial charge on any atom is -0.494 e. The number of nitrogens with one attached hydrogen (secondary N) is 1. The van der Waals surface area contributed by atoms with Gasteiger partial charge in [-0.2, -0.15) is 5.10 Å². The zero-order valence-electron chi connectivity index (χ0n) is 14.7. The SMILES string of the molecule is COc1c(Cl)cc(C(=O)O[C@@H](C)C(=O)Nc2ccnn2C(C)C)cc1Cl. The molecule has 0 aliphatic heterocycles. The zero-order chi connectivity index (χ0) is 19.4. The second-order valence-electron chi connectivity index (χ2n) is 5.76. The van der Waals surface area contributed by atoms with Crippen LogP contribution in [0.3, 0.4) is 0 Å². The van der Waals surface area contributed by atoms with Crippen LogP contribution in [0.1, 0.15) is 37.2 Å². The van der Waals surface area contributed by atoms with E-state index >= 15 is 0 Å². The Morgan fingerprint density at radius 2 is 1.81 bits per heavy atom. The first-order valence-electron chi connectivity index (χ1n) is 7.83. The molecule has 1 heterocycles. The largest absolute Gasteiger partial charge is 0.494 e. The van der Waals surface area contributed by atoms with E-state index in [1.54, 1.807) is 16.9 Å². The number of nitrogens with zero attached hydrogens (tertiary/aromatic N) is 2. The Kier molecular flexibility index (Phi) is 6.50. The lowest BCUT2D eigenvalue weighted by Gasteiger charge is -2.16. The van der Waals surface area contributed by atoms with Gasteiger partial charge in [0.2, 0.25) is 0 Å². The third-order valence-corrected chi connectivity index (χ3v) is 4.06. The van der Waals surface area contributed by atoms with Crippen LogP contribution in [0.5, 0.6) is 5.75 Å². The van der Waals surface area contributed by atoms with Crippen molar-refractivity contribution in [3.63, 3.8) is 0 Å². The summed E-state index contributed by atoms with van der Waals surface area (Å²) in [7, 11) is 1.42. The number of hydrogen-bond donors (Lipinski definition) is 1. The smallest absolute Gasteiger partial charge is 0.339 e. The number of hydrogen-bond acceptors (Lipinski definition) is 5. The lowest BCUT2D eigenvalue weighted by molar-refractivity contribution is -0.123. The second-order valence-corrected chi connectivity index (χ2v) is 6.58. The van der Waals surface area contributed by atoms with Crippen LogP contribution in [0.4, 0.5) is 5.82 Å². The van der Waals surface area contributed by atoms with Gasteiger partial charge in [-0.15, -0.1) is 0 Å². The lowest BCUT2D eigenvalue weighted by atomic mass is 10.2. The molecule has 0 aliphatic carbocycles. The average molecular weight is 400 g/mol. The maximum Gasteiger partial charge on any atom is 0.339 e. The van der Waals surface area contributed by atoms with E-state index in [9.17, 15) is 9.59 Å². The van der Waals surface area contributed by atoms with Gasteiger partial charge in [-0.1, -0.05) is 23.2 Å². The highest BCUT2D eigenvalue weighted by atomic mass is 35.5. The number of esters is 1. The van der Waals surface area contributed by atoms with Crippen molar-refractivity contribution in [3.05, 3.63) is 40.0 Å². The van der Waals surface area contributed by atoms with Gasteiger partial charge < -0.3 is 14.8 Å². The number of carbonyl (C=O) groups excluding carboxylic acids is 2. The number of amides is 1. The summed E-state index contributed by atoms with van der Waals surface area (Å²) in [5.74, 6) is -0.427. The van der Waals surface area contributed by atoms with Crippen LogP contribution in [-0.2, 0) is 9.53 Å². The highest BCUT2D eigenvalue weighted by molar-refractivity contribution is 6.37. The molecule has 0 bridgehead atoms. The number of anilines is 1. The van der Waals surface area contributed by atoms with E-state index in [0.717, 1.165) is 0 Å². The van der Waals surface area contributed by atoms with Crippen LogP contribution >= 0.6 is 23.2 Å². The quantitative estimate of drug-likeness (QED) is 0.743. The minimum absolute atomic E-state index is 0.0711. The molecule has 1 aromatic carbocycles. The molecule has 9 heteroatoms. The minimum atomic E-state index is -1.03. The Morgan fingerprint density at radius 3 is 2.35 bits per heavy atom. The van der Waals surface area contributed by atoms with Crippen molar-refractivity contribution in [1.29, 1.82) is 0 Å². The summed E-state index contributed by atoms with van der Waals surface area (Å²) in [6.45, 7) is 5.34. The fraction of sp³-hybridized carbons (Fsp3) is 0.353. The molecule has 0 aliphatic rings. The number of methoxy groups -OCH3 is 1. The molecule has 140 valence electrons. The predicted octanol–water partition coefficient (Wildman–Crippen LogP) is 3.96. The van der Waals surface area contributed by atoms with E-state index in [4.69, 9.17) is 32.7 Å². The molecule has 1 aromatic heterocycles. The summed E-state index contributed by atoms with van der Waals surface area (Å²) >= 11 is 12.0. The number of halogens is 2. The van der Waals surface area contributed by atoms with Crippen molar-refractivity contribution in [3.8, 4) is 5.75 Å². The molecule has 0 radical (unpaired) electrons. The topological polar surface area (TPSA) is 82.4 Å². The van der Waals surface area contributed by atoms with Gasteiger partial charge >= 0.3 is 5.97 Å². The molecule has 1 atom stereocenters. The number of benzene rings is 1.